The Morgan fingerprint density at radius 3 is 1.95 bits per heavy atom. The first kappa shape index (κ1) is 27.6. The van der Waals surface area contributed by atoms with Crippen LogP contribution in [0.3, 0.4) is 0 Å². The van der Waals surface area contributed by atoms with Crippen LogP contribution >= 0.6 is 0 Å². The summed E-state index contributed by atoms with van der Waals surface area (Å²) in [4.78, 5) is 26.2. The van der Waals surface area contributed by atoms with Crippen molar-refractivity contribution in [1.82, 2.24) is 10.6 Å². The average Bonchev–Trinajstić information content (AvgIpc) is 3.17. The number of amides is 2. The van der Waals surface area contributed by atoms with Crippen LogP contribution in [0.15, 0.2) is 90.0 Å². The predicted molar refractivity (Wildman–Crippen MR) is 152 cm³/mol. The molecule has 4 rings (SSSR count). The van der Waals surface area contributed by atoms with Crippen molar-refractivity contribution in [3.8, 4) is 0 Å². The van der Waals surface area contributed by atoms with Gasteiger partial charge in [0.15, 0.2) is 0 Å². The highest BCUT2D eigenvalue weighted by Gasteiger charge is 2.53. The van der Waals surface area contributed by atoms with Gasteiger partial charge in [0.05, 0.1) is 5.69 Å². The van der Waals surface area contributed by atoms with Gasteiger partial charge >= 0.3 is 5.91 Å². The minimum atomic E-state index is -1.55. The fourth-order valence-electron chi connectivity index (χ4n) is 4.03. The highest BCUT2D eigenvalue weighted by molar-refractivity contribution is 6.30. The normalized spacial score (nSPS) is 16.6. The summed E-state index contributed by atoms with van der Waals surface area (Å²) in [6.07, 6.45) is 0. The molecule has 7 heteroatoms. The summed E-state index contributed by atoms with van der Waals surface area (Å²) in [7, 11) is 0. The van der Waals surface area contributed by atoms with Gasteiger partial charge in [-0.1, -0.05) is 88.4 Å². The fourth-order valence-corrected chi connectivity index (χ4v) is 4.03. The van der Waals surface area contributed by atoms with Crippen molar-refractivity contribution in [3.05, 3.63) is 96.1 Å². The molecule has 2 amide bonds. The van der Waals surface area contributed by atoms with Crippen LogP contribution in [0.1, 0.15) is 51.7 Å². The monoisotopic (exact) mass is 499 g/mol. The molecular formula is C30H37N5O2. The molecule has 3 N–H and O–H groups in total. The van der Waals surface area contributed by atoms with E-state index in [1.54, 1.807) is 0 Å². The third-order valence-corrected chi connectivity index (χ3v) is 5.89. The van der Waals surface area contributed by atoms with Gasteiger partial charge in [0.2, 0.25) is 11.6 Å². The second-order valence-corrected chi connectivity index (χ2v) is 9.06. The van der Waals surface area contributed by atoms with Gasteiger partial charge in [-0.05, 0) is 48.8 Å². The number of carbonyl (C=O) groups is 2. The molecule has 0 saturated heterocycles. The molecule has 0 bridgehead atoms. The molecule has 0 aliphatic carbocycles. The van der Waals surface area contributed by atoms with Crippen LogP contribution in [0.4, 0.5) is 11.4 Å². The van der Waals surface area contributed by atoms with E-state index >= 15 is 0 Å². The highest BCUT2D eigenvalue weighted by Crippen LogP contribution is 2.31. The summed E-state index contributed by atoms with van der Waals surface area (Å²) < 4.78 is 0. The minimum absolute atomic E-state index is 0.344. The molecule has 0 spiro atoms. The quantitative estimate of drug-likeness (QED) is 0.376. The topological polar surface area (TPSA) is 85.8 Å². The van der Waals surface area contributed by atoms with E-state index in [-0.39, 0.29) is 11.8 Å². The highest BCUT2D eigenvalue weighted by atomic mass is 16.2. The maximum Gasteiger partial charge on any atom is 0.300 e. The van der Waals surface area contributed by atoms with Crippen molar-refractivity contribution in [2.45, 2.75) is 46.2 Å². The molecule has 7 nitrogen and oxygen atoms in total. The minimum Gasteiger partial charge on any atom is -0.350 e. The molecule has 0 fully saturated rings. The summed E-state index contributed by atoms with van der Waals surface area (Å²) in [5.41, 5.74) is 2.12. The summed E-state index contributed by atoms with van der Waals surface area (Å²) >= 11 is 0. The Bertz CT molecular complexity index is 1190. The van der Waals surface area contributed by atoms with Gasteiger partial charge in [-0.3, -0.25) is 9.59 Å². The van der Waals surface area contributed by atoms with Gasteiger partial charge in [-0.2, -0.15) is 10.1 Å². The van der Waals surface area contributed by atoms with E-state index in [2.05, 4.69) is 43.6 Å². The van der Waals surface area contributed by atoms with Gasteiger partial charge < -0.3 is 16.0 Å². The van der Waals surface area contributed by atoms with Gasteiger partial charge in [0.25, 0.3) is 0 Å². The van der Waals surface area contributed by atoms with Crippen molar-refractivity contribution in [1.29, 1.82) is 0 Å². The Kier molecular flexibility index (Phi) is 9.57. The zero-order chi connectivity index (χ0) is 26.8. The number of carbonyl (C=O) groups excluding carboxylic acids is 2. The summed E-state index contributed by atoms with van der Waals surface area (Å²) in [5.74, 6) is -0.353. The second kappa shape index (κ2) is 12.8. The number of hydrogen-bond donors (Lipinski definition) is 3. The molecule has 194 valence electrons. The van der Waals surface area contributed by atoms with Crippen LogP contribution in [0.2, 0.25) is 0 Å². The van der Waals surface area contributed by atoms with Gasteiger partial charge in [-0.25, -0.2) is 0 Å². The largest absolute Gasteiger partial charge is 0.350 e. The lowest BCUT2D eigenvalue weighted by Gasteiger charge is -2.32. The summed E-state index contributed by atoms with van der Waals surface area (Å²) in [6.45, 7) is 12.0. The molecule has 3 aromatic carbocycles. The molecule has 0 saturated carbocycles. The number of para-hydroxylation sites is 2. The van der Waals surface area contributed by atoms with Crippen LogP contribution < -0.4 is 21.0 Å². The Hall–Kier alpha value is -3.97. The lowest BCUT2D eigenvalue weighted by molar-refractivity contribution is -0.127. The van der Waals surface area contributed by atoms with E-state index in [0.29, 0.717) is 23.0 Å². The van der Waals surface area contributed by atoms with Crippen LogP contribution in [0.25, 0.3) is 0 Å². The molecule has 1 atom stereocenters. The van der Waals surface area contributed by atoms with Crippen molar-refractivity contribution >= 4 is 28.9 Å². The van der Waals surface area contributed by atoms with E-state index in [1.807, 2.05) is 84.9 Å². The molecule has 0 radical (unpaired) electrons. The smallest absolute Gasteiger partial charge is 0.300 e. The third kappa shape index (κ3) is 6.62. The van der Waals surface area contributed by atoms with Crippen LogP contribution in [0, 0.1) is 0 Å². The maximum atomic E-state index is 13.9. The molecule has 1 heterocycles. The lowest BCUT2D eigenvalue weighted by atomic mass is 9.93. The molecular weight excluding hydrogens is 462 g/mol. The van der Waals surface area contributed by atoms with Gasteiger partial charge in [0, 0.05) is 18.2 Å². The maximum absolute atomic E-state index is 13.9. The van der Waals surface area contributed by atoms with Crippen LogP contribution in [-0.2, 0) is 9.59 Å². The van der Waals surface area contributed by atoms with E-state index < -0.39 is 5.66 Å². The van der Waals surface area contributed by atoms with E-state index in [4.69, 9.17) is 5.10 Å². The third-order valence-electron chi connectivity index (χ3n) is 5.89. The first-order valence-corrected chi connectivity index (χ1v) is 12.7. The lowest BCUT2D eigenvalue weighted by Crippen LogP contribution is -2.64. The van der Waals surface area contributed by atoms with E-state index in [0.717, 1.165) is 18.7 Å². The second-order valence-electron chi connectivity index (χ2n) is 9.06. The first-order valence-electron chi connectivity index (χ1n) is 12.7. The van der Waals surface area contributed by atoms with Crippen LogP contribution in [-0.4, -0.2) is 36.3 Å². The SMILES string of the molecule is CC(=O)NC1(Nc2ccccc2)C(=O)N(c2ccccc2)N=C1c1ccc(C(C)C)cc1.CCNCC. The number of hydrazone groups is 1. The number of hydrogen-bond acceptors (Lipinski definition) is 5. The van der Waals surface area contributed by atoms with E-state index in [1.165, 1.54) is 17.5 Å². The average molecular weight is 500 g/mol. The number of nitrogens with zero attached hydrogens (tertiary/aromatic N) is 2. The molecule has 1 unspecified atom stereocenters. The summed E-state index contributed by atoms with van der Waals surface area (Å²) in [6, 6.07) is 26.5. The molecule has 0 aromatic heterocycles. The fraction of sp³-hybridized carbons (Fsp3) is 0.300. The summed E-state index contributed by atoms with van der Waals surface area (Å²) in [5, 5.41) is 15.3. The number of rotatable bonds is 8. The van der Waals surface area contributed by atoms with Crippen molar-refractivity contribution in [2.24, 2.45) is 5.10 Å². The molecule has 37 heavy (non-hydrogen) atoms. The zero-order valence-corrected chi connectivity index (χ0v) is 22.3. The van der Waals surface area contributed by atoms with Gasteiger partial charge in [0.1, 0.15) is 5.71 Å². The van der Waals surface area contributed by atoms with Crippen LogP contribution in [0.5, 0.6) is 0 Å². The van der Waals surface area contributed by atoms with Crippen molar-refractivity contribution in [3.63, 3.8) is 0 Å². The molecule has 1 aliphatic rings. The zero-order valence-electron chi connectivity index (χ0n) is 22.3. The van der Waals surface area contributed by atoms with Gasteiger partial charge in [-0.15, -0.1) is 0 Å². The Morgan fingerprint density at radius 2 is 1.46 bits per heavy atom. The number of benzene rings is 3. The Morgan fingerprint density at radius 1 is 0.892 bits per heavy atom. The first-order chi connectivity index (χ1) is 17.8. The standard InChI is InChI=1S/C26H26N4O2.C4H11N/c1-18(2)20-14-16-21(17-15-20)24-26(27-19(3)31,28-22-10-6-4-7-11-22)25(32)30(29-24)23-12-8-5-9-13-23;1-3-5-4-2/h4-18,28H,1-3H3,(H,27,31);5H,3-4H2,1-2H3. The Balaban J connectivity index is 0.000000695. The van der Waals surface area contributed by atoms with Crippen molar-refractivity contribution < 1.29 is 9.59 Å². The molecule has 3 aromatic rings. The molecule has 1 aliphatic heterocycles. The number of anilines is 2. The van der Waals surface area contributed by atoms with E-state index in [9.17, 15) is 9.59 Å². The number of nitrogens with one attached hydrogen (secondary N) is 3. The Labute approximate surface area is 220 Å². The van der Waals surface area contributed by atoms with Crippen molar-refractivity contribution in [2.75, 3.05) is 23.4 Å². The predicted octanol–water partition coefficient (Wildman–Crippen LogP) is 5.12.